The lowest BCUT2D eigenvalue weighted by molar-refractivity contribution is -0.0829. The molecule has 0 fully saturated rings. The standard InChI is InChI=1S/C9H20O2/c1-5-6-8(7-10)11-9(2,3)4/h8,10H,5-7H2,1-4H3. The molecule has 0 aliphatic carbocycles. The van der Waals surface area contributed by atoms with Crippen LogP contribution < -0.4 is 0 Å². The van der Waals surface area contributed by atoms with Crippen molar-refractivity contribution in [3.05, 3.63) is 0 Å². The van der Waals surface area contributed by atoms with E-state index in [0.29, 0.717) is 0 Å². The Labute approximate surface area is 69.6 Å². The van der Waals surface area contributed by atoms with Gasteiger partial charge in [0.2, 0.25) is 0 Å². The third-order valence-corrected chi connectivity index (χ3v) is 1.33. The average Bonchev–Trinajstić information content (AvgIpc) is 1.84. The molecule has 0 bridgehead atoms. The van der Waals surface area contributed by atoms with Crippen molar-refractivity contribution < 1.29 is 9.84 Å². The van der Waals surface area contributed by atoms with Gasteiger partial charge in [0.25, 0.3) is 0 Å². The Hall–Kier alpha value is -0.0800. The molecule has 0 spiro atoms. The fourth-order valence-corrected chi connectivity index (χ4v) is 1.01. The molecule has 1 atom stereocenters. The third-order valence-electron chi connectivity index (χ3n) is 1.33. The number of rotatable bonds is 4. The van der Waals surface area contributed by atoms with Crippen LogP contribution in [-0.2, 0) is 4.74 Å². The van der Waals surface area contributed by atoms with Gasteiger partial charge in [-0.2, -0.15) is 0 Å². The zero-order valence-electron chi connectivity index (χ0n) is 8.05. The summed E-state index contributed by atoms with van der Waals surface area (Å²) < 4.78 is 5.58. The largest absolute Gasteiger partial charge is 0.394 e. The first-order valence-electron chi connectivity index (χ1n) is 4.28. The quantitative estimate of drug-likeness (QED) is 0.681. The second-order valence-corrected chi connectivity index (χ2v) is 3.82. The third kappa shape index (κ3) is 6.32. The molecule has 0 heterocycles. The molecule has 1 N–H and O–H groups in total. The van der Waals surface area contributed by atoms with Crippen LogP contribution in [0.2, 0.25) is 0 Å². The number of aliphatic hydroxyl groups is 1. The summed E-state index contributed by atoms with van der Waals surface area (Å²) in [6, 6.07) is 0. The van der Waals surface area contributed by atoms with Gasteiger partial charge in [0.1, 0.15) is 0 Å². The molecule has 0 radical (unpaired) electrons. The van der Waals surface area contributed by atoms with Crippen molar-refractivity contribution in [1.29, 1.82) is 0 Å². The molecule has 0 amide bonds. The van der Waals surface area contributed by atoms with Crippen LogP contribution in [0.1, 0.15) is 40.5 Å². The molecule has 0 saturated heterocycles. The van der Waals surface area contributed by atoms with Crippen LogP contribution in [-0.4, -0.2) is 23.4 Å². The predicted octanol–water partition coefficient (Wildman–Crippen LogP) is 1.96. The van der Waals surface area contributed by atoms with Crippen molar-refractivity contribution in [3.8, 4) is 0 Å². The smallest absolute Gasteiger partial charge is 0.0812 e. The van der Waals surface area contributed by atoms with E-state index in [9.17, 15) is 0 Å². The zero-order valence-corrected chi connectivity index (χ0v) is 8.05. The molecule has 0 rings (SSSR count). The normalized spacial score (nSPS) is 15.0. The summed E-state index contributed by atoms with van der Waals surface area (Å²) in [6.45, 7) is 8.24. The average molecular weight is 160 g/mol. The molecule has 0 aliphatic rings. The summed E-state index contributed by atoms with van der Waals surface area (Å²) in [5.74, 6) is 0. The first-order chi connectivity index (χ1) is 4.99. The van der Waals surface area contributed by atoms with E-state index < -0.39 is 0 Å². The molecule has 11 heavy (non-hydrogen) atoms. The maximum Gasteiger partial charge on any atom is 0.0812 e. The van der Waals surface area contributed by atoms with Gasteiger partial charge < -0.3 is 9.84 Å². The van der Waals surface area contributed by atoms with Gasteiger partial charge in [-0.1, -0.05) is 13.3 Å². The van der Waals surface area contributed by atoms with Crippen LogP contribution in [0.3, 0.4) is 0 Å². The lowest BCUT2D eigenvalue weighted by Crippen LogP contribution is -2.29. The molecule has 0 saturated carbocycles. The van der Waals surface area contributed by atoms with Crippen molar-refractivity contribution in [3.63, 3.8) is 0 Å². The number of hydrogen-bond donors (Lipinski definition) is 1. The van der Waals surface area contributed by atoms with Crippen LogP contribution in [0.25, 0.3) is 0 Å². The van der Waals surface area contributed by atoms with Gasteiger partial charge in [-0.15, -0.1) is 0 Å². The zero-order chi connectivity index (χ0) is 8.91. The molecular formula is C9H20O2. The summed E-state index contributed by atoms with van der Waals surface area (Å²) in [4.78, 5) is 0. The molecule has 0 aliphatic heterocycles. The van der Waals surface area contributed by atoms with Crippen LogP contribution in [0.5, 0.6) is 0 Å². The highest BCUT2D eigenvalue weighted by molar-refractivity contribution is 4.64. The fourth-order valence-electron chi connectivity index (χ4n) is 1.01. The lowest BCUT2D eigenvalue weighted by atomic mass is 10.1. The fraction of sp³-hybridized carbons (Fsp3) is 1.00. The maximum absolute atomic E-state index is 8.90. The summed E-state index contributed by atoms with van der Waals surface area (Å²) in [5, 5.41) is 8.90. The molecule has 1 unspecified atom stereocenters. The Morgan fingerprint density at radius 2 is 1.91 bits per heavy atom. The Bertz CT molecular complexity index is 94.2. The van der Waals surface area contributed by atoms with E-state index in [2.05, 4.69) is 6.92 Å². The van der Waals surface area contributed by atoms with Gasteiger partial charge in [0.05, 0.1) is 18.3 Å². The Morgan fingerprint density at radius 1 is 1.36 bits per heavy atom. The van der Waals surface area contributed by atoms with Crippen LogP contribution in [0.15, 0.2) is 0 Å². The Morgan fingerprint density at radius 3 is 2.18 bits per heavy atom. The Kier molecular flexibility index (Phi) is 4.69. The minimum atomic E-state index is -0.136. The number of hydrogen-bond acceptors (Lipinski definition) is 2. The van der Waals surface area contributed by atoms with E-state index in [-0.39, 0.29) is 18.3 Å². The van der Waals surface area contributed by atoms with E-state index in [1.54, 1.807) is 0 Å². The lowest BCUT2D eigenvalue weighted by Gasteiger charge is -2.25. The second-order valence-electron chi connectivity index (χ2n) is 3.82. The molecule has 2 heteroatoms. The monoisotopic (exact) mass is 160 g/mol. The van der Waals surface area contributed by atoms with Gasteiger partial charge in [-0.3, -0.25) is 0 Å². The summed E-state index contributed by atoms with van der Waals surface area (Å²) in [6.07, 6.45) is 2.01. The minimum Gasteiger partial charge on any atom is -0.394 e. The van der Waals surface area contributed by atoms with E-state index in [1.165, 1.54) is 0 Å². The van der Waals surface area contributed by atoms with E-state index in [0.717, 1.165) is 12.8 Å². The molecular weight excluding hydrogens is 140 g/mol. The van der Waals surface area contributed by atoms with E-state index >= 15 is 0 Å². The van der Waals surface area contributed by atoms with Gasteiger partial charge in [-0.05, 0) is 27.2 Å². The first kappa shape index (κ1) is 10.9. The summed E-state index contributed by atoms with van der Waals surface area (Å²) in [7, 11) is 0. The topological polar surface area (TPSA) is 29.5 Å². The summed E-state index contributed by atoms with van der Waals surface area (Å²) >= 11 is 0. The number of aliphatic hydroxyl groups excluding tert-OH is 1. The van der Waals surface area contributed by atoms with Gasteiger partial charge >= 0.3 is 0 Å². The first-order valence-corrected chi connectivity index (χ1v) is 4.28. The van der Waals surface area contributed by atoms with E-state index in [1.807, 2.05) is 20.8 Å². The van der Waals surface area contributed by atoms with Gasteiger partial charge in [-0.25, -0.2) is 0 Å². The molecule has 68 valence electrons. The highest BCUT2D eigenvalue weighted by Crippen LogP contribution is 2.13. The molecule has 0 aromatic carbocycles. The molecule has 0 aromatic heterocycles. The van der Waals surface area contributed by atoms with Crippen molar-refractivity contribution in [2.24, 2.45) is 0 Å². The molecule has 2 nitrogen and oxygen atoms in total. The van der Waals surface area contributed by atoms with Crippen molar-refractivity contribution in [2.45, 2.75) is 52.2 Å². The van der Waals surface area contributed by atoms with Crippen LogP contribution in [0.4, 0.5) is 0 Å². The van der Waals surface area contributed by atoms with Crippen molar-refractivity contribution >= 4 is 0 Å². The second kappa shape index (κ2) is 4.73. The summed E-state index contributed by atoms with van der Waals surface area (Å²) in [5.41, 5.74) is -0.136. The SMILES string of the molecule is CCCC(CO)OC(C)(C)C. The molecule has 0 aromatic rings. The van der Waals surface area contributed by atoms with Crippen molar-refractivity contribution in [2.75, 3.05) is 6.61 Å². The highest BCUT2D eigenvalue weighted by Gasteiger charge is 2.16. The van der Waals surface area contributed by atoms with Crippen LogP contribution in [0, 0.1) is 0 Å². The highest BCUT2D eigenvalue weighted by atomic mass is 16.5. The number of ether oxygens (including phenoxy) is 1. The van der Waals surface area contributed by atoms with Crippen LogP contribution >= 0.6 is 0 Å². The Balaban J connectivity index is 3.68. The van der Waals surface area contributed by atoms with Gasteiger partial charge in [0.15, 0.2) is 0 Å². The maximum atomic E-state index is 8.90. The predicted molar refractivity (Wildman–Crippen MR) is 46.6 cm³/mol. The van der Waals surface area contributed by atoms with Crippen molar-refractivity contribution in [1.82, 2.24) is 0 Å². The minimum absolute atomic E-state index is 0.0139. The van der Waals surface area contributed by atoms with E-state index in [4.69, 9.17) is 9.84 Å². The van der Waals surface area contributed by atoms with Gasteiger partial charge in [0, 0.05) is 0 Å².